The van der Waals surface area contributed by atoms with Crippen LogP contribution in [0.1, 0.15) is 31.9 Å². The van der Waals surface area contributed by atoms with E-state index in [4.69, 9.17) is 5.11 Å². The first-order chi connectivity index (χ1) is 9.24. The summed E-state index contributed by atoms with van der Waals surface area (Å²) >= 11 is 1.90. The third kappa shape index (κ3) is 3.85. The summed E-state index contributed by atoms with van der Waals surface area (Å²) < 4.78 is 0. The molecule has 0 heterocycles. The second-order valence-corrected chi connectivity index (χ2v) is 6.33. The van der Waals surface area contributed by atoms with Crippen LogP contribution in [0.4, 0.5) is 0 Å². The summed E-state index contributed by atoms with van der Waals surface area (Å²) in [4.78, 5) is 1.37. The molecule has 0 aliphatic heterocycles. The molecule has 2 rings (SSSR count). The summed E-state index contributed by atoms with van der Waals surface area (Å²) in [6.45, 7) is 4.66. The molecule has 1 aliphatic rings. The molecule has 1 aromatic carbocycles. The molecule has 0 saturated heterocycles. The van der Waals surface area contributed by atoms with Gasteiger partial charge in [-0.1, -0.05) is 37.3 Å². The van der Waals surface area contributed by atoms with E-state index in [0.29, 0.717) is 18.0 Å². The lowest BCUT2D eigenvalue weighted by molar-refractivity contribution is 0.245. The highest BCUT2D eigenvalue weighted by molar-refractivity contribution is 7.99. The second kappa shape index (κ2) is 7.13. The van der Waals surface area contributed by atoms with Gasteiger partial charge in [0.15, 0.2) is 0 Å². The Hall–Kier alpha value is -0.770. The van der Waals surface area contributed by atoms with Crippen LogP contribution in [0.3, 0.4) is 0 Å². The third-order valence-electron chi connectivity index (χ3n) is 3.56. The number of thioether (sulfide) groups is 1. The van der Waals surface area contributed by atoms with Gasteiger partial charge in [-0.05, 0) is 30.7 Å². The number of aliphatic hydroxyl groups is 1. The quantitative estimate of drug-likeness (QED) is 0.617. The highest BCUT2D eigenvalue weighted by atomic mass is 32.2. The number of rotatable bonds is 6. The molecule has 19 heavy (non-hydrogen) atoms. The highest BCUT2D eigenvalue weighted by Gasteiger charge is 2.20. The van der Waals surface area contributed by atoms with Crippen molar-refractivity contribution in [1.82, 2.24) is 5.32 Å². The van der Waals surface area contributed by atoms with Crippen molar-refractivity contribution in [2.45, 2.75) is 37.2 Å². The summed E-state index contributed by atoms with van der Waals surface area (Å²) in [5.41, 5.74) is 1.37. The first kappa shape index (κ1) is 14.6. The maximum Gasteiger partial charge on any atom is 0.0494 e. The van der Waals surface area contributed by atoms with Gasteiger partial charge < -0.3 is 10.4 Å². The van der Waals surface area contributed by atoms with E-state index in [1.165, 1.54) is 10.5 Å². The Kier molecular flexibility index (Phi) is 5.49. The molecule has 0 aromatic heterocycles. The molecule has 2 nitrogen and oxygen atoms in total. The van der Waals surface area contributed by atoms with Crippen LogP contribution in [0.25, 0.3) is 0 Å². The molecular formula is C16H23NOS. The number of hydrogen-bond acceptors (Lipinski definition) is 3. The smallest absolute Gasteiger partial charge is 0.0494 e. The molecule has 0 amide bonds. The Morgan fingerprint density at radius 3 is 2.84 bits per heavy atom. The van der Waals surface area contributed by atoms with Gasteiger partial charge >= 0.3 is 0 Å². The molecular weight excluding hydrogens is 254 g/mol. The molecule has 2 N–H and O–H groups in total. The van der Waals surface area contributed by atoms with Crippen LogP contribution in [0.5, 0.6) is 0 Å². The molecule has 104 valence electrons. The molecule has 0 radical (unpaired) electrons. The third-order valence-corrected chi connectivity index (χ3v) is 4.53. The van der Waals surface area contributed by atoms with Gasteiger partial charge in [-0.3, -0.25) is 0 Å². The van der Waals surface area contributed by atoms with Crippen LogP contribution in [0.2, 0.25) is 0 Å². The number of hydrogen-bond donors (Lipinski definition) is 2. The van der Waals surface area contributed by atoms with E-state index in [2.05, 4.69) is 55.6 Å². The predicted octanol–water partition coefficient (Wildman–Crippen LogP) is 3.39. The van der Waals surface area contributed by atoms with Crippen LogP contribution in [-0.4, -0.2) is 23.5 Å². The van der Waals surface area contributed by atoms with Gasteiger partial charge in [0.05, 0.1) is 0 Å². The molecule has 0 unspecified atom stereocenters. The van der Waals surface area contributed by atoms with Gasteiger partial charge in [0.25, 0.3) is 0 Å². The lowest BCUT2D eigenvalue weighted by Gasteiger charge is -2.21. The summed E-state index contributed by atoms with van der Waals surface area (Å²) in [6, 6.07) is 9.33. The van der Waals surface area contributed by atoms with Crippen molar-refractivity contribution >= 4 is 11.8 Å². The van der Waals surface area contributed by atoms with Crippen LogP contribution in [-0.2, 0) is 0 Å². The Balaban J connectivity index is 2.00. The molecule has 3 heteroatoms. The summed E-state index contributed by atoms with van der Waals surface area (Å²) in [7, 11) is 0. The van der Waals surface area contributed by atoms with E-state index < -0.39 is 0 Å². The minimum Gasteiger partial charge on any atom is -0.396 e. The van der Waals surface area contributed by atoms with E-state index in [-0.39, 0.29) is 6.61 Å². The fourth-order valence-corrected chi connectivity index (χ4v) is 3.47. The first-order valence-corrected chi connectivity index (χ1v) is 8.00. The zero-order chi connectivity index (χ0) is 13.7. The monoisotopic (exact) mass is 277 g/mol. The van der Waals surface area contributed by atoms with Crippen molar-refractivity contribution in [2.24, 2.45) is 5.92 Å². The molecule has 0 spiro atoms. The van der Waals surface area contributed by atoms with Crippen molar-refractivity contribution in [3.8, 4) is 0 Å². The maximum absolute atomic E-state index is 9.17. The number of nitrogens with one attached hydrogen (secondary N) is 1. The Morgan fingerprint density at radius 2 is 2.16 bits per heavy atom. The van der Waals surface area contributed by atoms with Crippen molar-refractivity contribution in [3.05, 3.63) is 42.0 Å². The van der Waals surface area contributed by atoms with E-state index in [1.807, 2.05) is 11.8 Å². The summed E-state index contributed by atoms with van der Waals surface area (Å²) in [6.07, 6.45) is 5.31. The molecule has 1 aromatic rings. The van der Waals surface area contributed by atoms with E-state index in [9.17, 15) is 0 Å². The van der Waals surface area contributed by atoms with Gasteiger partial charge in [-0.15, -0.1) is 11.8 Å². The average Bonchev–Trinajstić information content (AvgIpc) is 2.87. The first-order valence-electron chi connectivity index (χ1n) is 7.01. The minimum atomic E-state index is 0.255. The minimum absolute atomic E-state index is 0.255. The largest absolute Gasteiger partial charge is 0.396 e. The Morgan fingerprint density at radius 1 is 1.37 bits per heavy atom. The molecule has 1 aliphatic carbocycles. The summed E-state index contributed by atoms with van der Waals surface area (Å²) in [5.74, 6) is 1.42. The molecule has 0 saturated carbocycles. The van der Waals surface area contributed by atoms with Crippen LogP contribution < -0.4 is 5.32 Å². The topological polar surface area (TPSA) is 32.3 Å². The van der Waals surface area contributed by atoms with Crippen LogP contribution in [0.15, 0.2) is 41.3 Å². The fraction of sp³-hybridized carbons (Fsp3) is 0.500. The van der Waals surface area contributed by atoms with Gasteiger partial charge in [-0.2, -0.15) is 0 Å². The van der Waals surface area contributed by atoms with Crippen LogP contribution >= 0.6 is 11.8 Å². The number of benzene rings is 1. The predicted molar refractivity (Wildman–Crippen MR) is 82.5 cm³/mol. The van der Waals surface area contributed by atoms with E-state index >= 15 is 0 Å². The van der Waals surface area contributed by atoms with Crippen LogP contribution in [0, 0.1) is 5.92 Å². The molecule has 0 bridgehead atoms. The van der Waals surface area contributed by atoms with Gasteiger partial charge in [0, 0.05) is 29.5 Å². The zero-order valence-electron chi connectivity index (χ0n) is 11.7. The van der Waals surface area contributed by atoms with Crippen molar-refractivity contribution in [2.75, 3.05) is 12.4 Å². The van der Waals surface area contributed by atoms with Gasteiger partial charge in [0.2, 0.25) is 0 Å². The van der Waals surface area contributed by atoms with Gasteiger partial charge in [-0.25, -0.2) is 0 Å². The molecule has 0 fully saturated rings. The standard InChI is InChI=1S/C16H23NOS/c1-3-19-16-7-5-4-6-15(16)12(2)17-14-9-8-13(10-14)11-18/h4-9,12-14,17-18H,3,10-11H2,1-2H3/t12-,13+,14-/m1/s1. The van der Waals surface area contributed by atoms with Crippen molar-refractivity contribution < 1.29 is 5.11 Å². The molecule has 3 atom stereocenters. The Bertz CT molecular complexity index is 433. The summed E-state index contributed by atoms with van der Waals surface area (Å²) in [5, 5.41) is 12.8. The van der Waals surface area contributed by atoms with E-state index in [0.717, 1.165) is 12.2 Å². The maximum atomic E-state index is 9.17. The fourth-order valence-electron chi connectivity index (χ4n) is 2.57. The van der Waals surface area contributed by atoms with E-state index in [1.54, 1.807) is 0 Å². The zero-order valence-corrected chi connectivity index (χ0v) is 12.5. The SMILES string of the molecule is CCSc1ccccc1[C@@H](C)N[C@@H]1C=C[C@H](CO)C1. The lowest BCUT2D eigenvalue weighted by atomic mass is 10.1. The Labute approximate surface area is 120 Å². The number of aliphatic hydroxyl groups excluding tert-OH is 1. The lowest BCUT2D eigenvalue weighted by Crippen LogP contribution is -2.29. The second-order valence-electron chi connectivity index (χ2n) is 5.03. The van der Waals surface area contributed by atoms with Crippen molar-refractivity contribution in [3.63, 3.8) is 0 Å². The normalized spacial score (nSPS) is 23.7. The highest BCUT2D eigenvalue weighted by Crippen LogP contribution is 2.28. The van der Waals surface area contributed by atoms with Crippen molar-refractivity contribution in [1.29, 1.82) is 0 Å². The van der Waals surface area contributed by atoms with Gasteiger partial charge in [0.1, 0.15) is 0 Å². The average molecular weight is 277 g/mol.